The van der Waals surface area contributed by atoms with E-state index >= 15 is 0 Å². The Morgan fingerprint density at radius 2 is 1.78 bits per heavy atom. The molecule has 36 heavy (non-hydrogen) atoms. The van der Waals surface area contributed by atoms with E-state index in [-0.39, 0.29) is 16.5 Å². The molecule has 0 saturated carbocycles. The molecule has 1 aliphatic heterocycles. The molecule has 1 unspecified atom stereocenters. The summed E-state index contributed by atoms with van der Waals surface area (Å²) < 4.78 is 0.598. The van der Waals surface area contributed by atoms with Crippen molar-refractivity contribution < 1.29 is 14.7 Å². The standard InChI is InChI=1S/C24H14Cl3N3O3S3/c25-14-6-3-12(4-7-14)20(31)18-19(17-2-1-9-34-17)30(22(33)21(18)32)23-28-29-24(36-23)35-11-13-5-8-15(26)10-16(13)27/h1-10,19,31H,11H2/b20-18-. The van der Waals surface area contributed by atoms with Gasteiger partial charge < -0.3 is 5.11 Å². The van der Waals surface area contributed by atoms with Gasteiger partial charge in [0.1, 0.15) is 11.8 Å². The summed E-state index contributed by atoms with van der Waals surface area (Å²) >= 11 is 22.2. The van der Waals surface area contributed by atoms with Crippen molar-refractivity contribution in [2.24, 2.45) is 0 Å². The van der Waals surface area contributed by atoms with E-state index in [0.717, 1.165) is 5.56 Å². The Hall–Kier alpha value is -2.40. The third kappa shape index (κ3) is 4.91. The second-order valence-electron chi connectivity index (χ2n) is 7.57. The van der Waals surface area contributed by atoms with E-state index in [9.17, 15) is 14.7 Å². The molecule has 0 spiro atoms. The Kier molecular flexibility index (Phi) is 7.39. The fraction of sp³-hybridized carbons (Fsp3) is 0.0833. The summed E-state index contributed by atoms with van der Waals surface area (Å²) in [5.74, 6) is -1.33. The maximum absolute atomic E-state index is 13.2. The fourth-order valence-corrected chi connectivity index (χ4v) is 7.02. The molecule has 0 bridgehead atoms. The third-order valence-corrected chi connectivity index (χ3v) is 9.21. The average molecular weight is 595 g/mol. The fourth-order valence-electron chi connectivity index (χ4n) is 3.65. The van der Waals surface area contributed by atoms with Crippen molar-refractivity contribution in [3.63, 3.8) is 0 Å². The first-order chi connectivity index (χ1) is 17.3. The Balaban J connectivity index is 1.49. The number of aliphatic hydroxyl groups is 1. The van der Waals surface area contributed by atoms with Gasteiger partial charge in [0.25, 0.3) is 5.78 Å². The number of nitrogens with zero attached hydrogens (tertiary/aromatic N) is 3. The molecule has 3 heterocycles. The third-order valence-electron chi connectivity index (χ3n) is 5.34. The zero-order valence-electron chi connectivity index (χ0n) is 18.0. The maximum atomic E-state index is 13.2. The van der Waals surface area contributed by atoms with Crippen molar-refractivity contribution in [2.75, 3.05) is 4.90 Å². The topological polar surface area (TPSA) is 83.4 Å². The molecule has 1 amide bonds. The number of amides is 1. The largest absolute Gasteiger partial charge is 0.507 e. The Bertz CT molecular complexity index is 1490. The quantitative estimate of drug-likeness (QED) is 0.0819. The lowest BCUT2D eigenvalue weighted by Crippen LogP contribution is -2.29. The molecule has 6 nitrogen and oxygen atoms in total. The number of hydrogen-bond donors (Lipinski definition) is 1. The van der Waals surface area contributed by atoms with Crippen LogP contribution >= 0.6 is 69.2 Å². The van der Waals surface area contributed by atoms with Gasteiger partial charge in [-0.1, -0.05) is 70.0 Å². The Morgan fingerprint density at radius 1 is 1.03 bits per heavy atom. The van der Waals surface area contributed by atoms with Crippen LogP contribution in [0.15, 0.2) is 69.9 Å². The van der Waals surface area contributed by atoms with Gasteiger partial charge >= 0.3 is 5.91 Å². The second kappa shape index (κ2) is 10.5. The lowest BCUT2D eigenvalue weighted by atomic mass is 10.00. The van der Waals surface area contributed by atoms with Crippen LogP contribution in [0.3, 0.4) is 0 Å². The number of rotatable bonds is 6. The zero-order valence-corrected chi connectivity index (χ0v) is 22.7. The van der Waals surface area contributed by atoms with Crippen molar-refractivity contribution in [3.05, 3.63) is 96.6 Å². The van der Waals surface area contributed by atoms with Crippen LogP contribution in [0.5, 0.6) is 0 Å². The van der Waals surface area contributed by atoms with Crippen LogP contribution in [0, 0.1) is 0 Å². The molecule has 1 saturated heterocycles. The van der Waals surface area contributed by atoms with Crippen LogP contribution in [0.4, 0.5) is 5.13 Å². The number of thiophene rings is 1. The van der Waals surface area contributed by atoms with Crippen LogP contribution in [0.25, 0.3) is 5.76 Å². The predicted molar refractivity (Wildman–Crippen MR) is 146 cm³/mol. The lowest BCUT2D eigenvalue weighted by molar-refractivity contribution is -0.132. The number of thioether (sulfide) groups is 1. The van der Waals surface area contributed by atoms with E-state index in [4.69, 9.17) is 34.8 Å². The molecule has 2 aromatic heterocycles. The summed E-state index contributed by atoms with van der Waals surface area (Å²) in [6.07, 6.45) is 0. The summed E-state index contributed by atoms with van der Waals surface area (Å²) in [5.41, 5.74) is 1.25. The van der Waals surface area contributed by atoms with Gasteiger partial charge in [0.05, 0.1) is 5.57 Å². The van der Waals surface area contributed by atoms with Gasteiger partial charge in [0.15, 0.2) is 4.34 Å². The smallest absolute Gasteiger partial charge is 0.301 e. The molecule has 0 radical (unpaired) electrons. The first-order valence-corrected chi connectivity index (χ1v) is 14.2. The first-order valence-electron chi connectivity index (χ1n) is 10.3. The zero-order chi connectivity index (χ0) is 25.4. The number of anilines is 1. The van der Waals surface area contributed by atoms with E-state index in [1.54, 1.807) is 36.4 Å². The molecule has 2 aromatic carbocycles. The van der Waals surface area contributed by atoms with E-state index in [1.165, 1.54) is 39.3 Å². The lowest BCUT2D eigenvalue weighted by Gasteiger charge is -2.20. The molecule has 1 atom stereocenters. The van der Waals surface area contributed by atoms with Gasteiger partial charge in [0, 0.05) is 31.3 Å². The summed E-state index contributed by atoms with van der Waals surface area (Å²) in [4.78, 5) is 28.4. The second-order valence-corrected chi connectivity index (χ2v) is 12.0. The highest BCUT2D eigenvalue weighted by atomic mass is 35.5. The number of carbonyl (C=O) groups is 2. The maximum Gasteiger partial charge on any atom is 0.301 e. The summed E-state index contributed by atoms with van der Waals surface area (Å²) in [5, 5.41) is 23.2. The van der Waals surface area contributed by atoms with Gasteiger partial charge in [-0.25, -0.2) is 0 Å². The van der Waals surface area contributed by atoms with Gasteiger partial charge in [0.2, 0.25) is 5.13 Å². The van der Waals surface area contributed by atoms with Gasteiger partial charge in [-0.05, 0) is 53.4 Å². The molecule has 0 aliphatic carbocycles. The average Bonchev–Trinajstić information content (AvgIpc) is 3.59. The number of carbonyl (C=O) groups excluding carboxylic acids is 2. The Morgan fingerprint density at radius 3 is 2.47 bits per heavy atom. The van der Waals surface area contributed by atoms with Crippen molar-refractivity contribution in [1.29, 1.82) is 0 Å². The number of halogens is 3. The molecular weight excluding hydrogens is 581 g/mol. The SMILES string of the molecule is O=C1C(=O)N(c2nnc(SCc3ccc(Cl)cc3Cl)s2)C(c2cccs2)/C1=C(/O)c1ccc(Cl)cc1. The molecule has 12 heteroatoms. The minimum Gasteiger partial charge on any atom is -0.507 e. The summed E-state index contributed by atoms with van der Waals surface area (Å²) in [6, 6.07) is 14.5. The monoisotopic (exact) mass is 593 g/mol. The van der Waals surface area contributed by atoms with Gasteiger partial charge in [-0.3, -0.25) is 14.5 Å². The number of ketones is 1. The first kappa shape index (κ1) is 25.3. The van der Waals surface area contributed by atoms with E-state index < -0.39 is 17.7 Å². The summed E-state index contributed by atoms with van der Waals surface area (Å²) in [6.45, 7) is 0. The molecular formula is C24H14Cl3N3O3S3. The minimum absolute atomic E-state index is 0.0119. The van der Waals surface area contributed by atoms with Crippen LogP contribution in [-0.2, 0) is 15.3 Å². The molecule has 5 rings (SSSR count). The van der Waals surface area contributed by atoms with Crippen molar-refractivity contribution in [2.45, 2.75) is 16.1 Å². The van der Waals surface area contributed by atoms with Crippen molar-refractivity contribution in [3.8, 4) is 0 Å². The molecule has 182 valence electrons. The van der Waals surface area contributed by atoms with E-state index in [1.807, 2.05) is 23.6 Å². The molecule has 1 aliphatic rings. The highest BCUT2D eigenvalue weighted by Crippen LogP contribution is 2.45. The van der Waals surface area contributed by atoms with Gasteiger partial charge in [-0.15, -0.1) is 21.5 Å². The van der Waals surface area contributed by atoms with Crippen LogP contribution in [0.2, 0.25) is 15.1 Å². The highest BCUT2D eigenvalue weighted by Gasteiger charge is 2.48. The highest BCUT2D eigenvalue weighted by molar-refractivity contribution is 8.00. The molecule has 1 fully saturated rings. The number of aliphatic hydroxyl groups excluding tert-OH is 1. The predicted octanol–water partition coefficient (Wildman–Crippen LogP) is 7.48. The van der Waals surface area contributed by atoms with Gasteiger partial charge in [-0.2, -0.15) is 0 Å². The minimum atomic E-state index is -0.836. The van der Waals surface area contributed by atoms with Crippen molar-refractivity contribution >= 4 is 91.8 Å². The number of benzene rings is 2. The normalized spacial score (nSPS) is 17.2. The Labute approximate surface area is 233 Å². The molecule has 1 N–H and O–H groups in total. The van der Waals surface area contributed by atoms with Crippen LogP contribution < -0.4 is 4.90 Å². The number of aromatic nitrogens is 2. The summed E-state index contributed by atoms with van der Waals surface area (Å²) in [7, 11) is 0. The van der Waals surface area contributed by atoms with Crippen LogP contribution in [0.1, 0.15) is 22.0 Å². The molecule has 4 aromatic rings. The number of Topliss-reactive ketones (excluding diaryl/α,β-unsaturated/α-hetero) is 1. The van der Waals surface area contributed by atoms with Crippen LogP contribution in [-0.4, -0.2) is 27.0 Å². The van der Waals surface area contributed by atoms with E-state index in [0.29, 0.717) is 35.6 Å². The number of hydrogen-bond acceptors (Lipinski definition) is 8. The van der Waals surface area contributed by atoms with E-state index in [2.05, 4.69) is 10.2 Å². The van der Waals surface area contributed by atoms with Crippen molar-refractivity contribution in [1.82, 2.24) is 10.2 Å².